The predicted octanol–water partition coefficient (Wildman–Crippen LogP) is 5.24. The minimum Gasteiger partial charge on any atom is -0.480 e. The molecule has 2 saturated heterocycles. The third kappa shape index (κ3) is 7.86. The summed E-state index contributed by atoms with van der Waals surface area (Å²) >= 11 is 0. The van der Waals surface area contributed by atoms with Crippen LogP contribution in [-0.4, -0.2) is 69.2 Å². The number of hydrogen-bond acceptors (Lipinski definition) is 16. The van der Waals surface area contributed by atoms with Crippen molar-refractivity contribution in [3.8, 4) is 0 Å². The standard InChI is InChI=1S/C40H40O16/c41-29-25(30(42)50-37(49-29)17-9-3-10-18-37)13-5-1-7-15-27-33(45)53-39(54-34(27)46)21-23-40(24-22-39)55-35(47)28(36(48)56-40)16-8-2-6-14-26-31(43)51-38(52-32(26)44)19-11-4-12-20-38/h1-2,5-8,13-16,45,47H,3-4,9-12,17-24H2/b5-1+,6-2?,15-7+,16-8?. The molecule has 5 fully saturated rings. The van der Waals surface area contributed by atoms with Crippen LogP contribution in [-0.2, 0) is 66.7 Å². The van der Waals surface area contributed by atoms with Crippen molar-refractivity contribution in [2.24, 2.45) is 0 Å². The first-order valence-corrected chi connectivity index (χ1v) is 18.6. The molecule has 0 aromatic rings. The van der Waals surface area contributed by atoms with Gasteiger partial charge in [0.1, 0.15) is 22.3 Å². The minimum atomic E-state index is -1.59. The fourth-order valence-corrected chi connectivity index (χ4v) is 7.53. The third-order valence-corrected chi connectivity index (χ3v) is 10.5. The van der Waals surface area contributed by atoms with E-state index in [2.05, 4.69) is 0 Å². The summed E-state index contributed by atoms with van der Waals surface area (Å²) in [5, 5.41) is 21.2. The zero-order valence-corrected chi connectivity index (χ0v) is 30.3. The maximum atomic E-state index is 12.9. The molecule has 3 saturated carbocycles. The van der Waals surface area contributed by atoms with Crippen molar-refractivity contribution in [2.45, 2.75) is 113 Å². The highest BCUT2D eigenvalue weighted by atomic mass is 16.8. The lowest BCUT2D eigenvalue weighted by Crippen LogP contribution is -2.53. The first-order chi connectivity index (χ1) is 26.8. The number of allylic oxidation sites excluding steroid dienone is 8. The molecule has 0 unspecified atom stereocenters. The summed E-state index contributed by atoms with van der Waals surface area (Å²) in [7, 11) is 0. The highest BCUT2D eigenvalue weighted by molar-refractivity contribution is 6.16. The zero-order chi connectivity index (χ0) is 39.6. The Kier molecular flexibility index (Phi) is 10.4. The van der Waals surface area contributed by atoms with E-state index in [0.717, 1.165) is 38.5 Å². The fourth-order valence-electron chi connectivity index (χ4n) is 7.53. The molecule has 0 aromatic heterocycles. The second-order valence-corrected chi connectivity index (χ2v) is 14.4. The van der Waals surface area contributed by atoms with Gasteiger partial charge in [-0.05, 0) is 50.0 Å². The Bertz CT molecular complexity index is 1760. The average Bonchev–Trinajstić information content (AvgIpc) is 3.14. The molecule has 0 bridgehead atoms. The van der Waals surface area contributed by atoms with Gasteiger partial charge in [-0.2, -0.15) is 0 Å². The van der Waals surface area contributed by atoms with E-state index in [0.29, 0.717) is 25.7 Å². The summed E-state index contributed by atoms with van der Waals surface area (Å²) < 4.78 is 44.2. The van der Waals surface area contributed by atoms with Crippen LogP contribution in [0.25, 0.3) is 0 Å². The summed E-state index contributed by atoms with van der Waals surface area (Å²) in [5.74, 6) is -11.9. The molecule has 16 heteroatoms. The number of hydrogen-bond donors (Lipinski definition) is 2. The van der Waals surface area contributed by atoms with Gasteiger partial charge in [-0.15, -0.1) is 0 Å². The summed E-state index contributed by atoms with van der Waals surface area (Å²) in [6.07, 6.45) is 19.8. The van der Waals surface area contributed by atoms with Gasteiger partial charge in [0.05, 0.1) is 0 Å². The van der Waals surface area contributed by atoms with Gasteiger partial charge in [0.15, 0.2) is 0 Å². The van der Waals surface area contributed by atoms with Crippen molar-refractivity contribution in [2.75, 3.05) is 0 Å². The third-order valence-electron chi connectivity index (χ3n) is 10.5. The average molecular weight is 777 g/mol. The molecule has 0 aromatic carbocycles. The van der Waals surface area contributed by atoms with E-state index in [4.69, 9.17) is 37.9 Å². The summed E-state index contributed by atoms with van der Waals surface area (Å²) in [6, 6.07) is 0. The van der Waals surface area contributed by atoms with E-state index in [9.17, 15) is 39.0 Å². The van der Waals surface area contributed by atoms with Gasteiger partial charge in [0, 0.05) is 51.4 Å². The van der Waals surface area contributed by atoms with Crippen LogP contribution in [0.1, 0.15) is 89.9 Å². The van der Waals surface area contributed by atoms with Gasteiger partial charge in [-0.3, -0.25) is 0 Å². The number of rotatable bonds is 6. The lowest BCUT2D eigenvalue weighted by Gasteiger charge is -2.46. The molecule has 4 aliphatic heterocycles. The summed E-state index contributed by atoms with van der Waals surface area (Å²) in [4.78, 5) is 75.8. The minimum absolute atomic E-state index is 0.0735. The lowest BCUT2D eigenvalue weighted by atomic mass is 9.87. The van der Waals surface area contributed by atoms with E-state index in [1.165, 1.54) is 60.8 Å². The number of aliphatic hydroxyl groups is 2. The van der Waals surface area contributed by atoms with E-state index >= 15 is 0 Å². The van der Waals surface area contributed by atoms with E-state index in [1.54, 1.807) is 0 Å². The molecule has 4 spiro atoms. The molecule has 2 N–H and O–H groups in total. The Morgan fingerprint density at radius 3 is 0.982 bits per heavy atom. The van der Waals surface area contributed by atoms with Crippen LogP contribution in [0, 0.1) is 0 Å². The Labute approximate surface area is 320 Å². The van der Waals surface area contributed by atoms with Crippen LogP contribution in [0.5, 0.6) is 0 Å². The van der Waals surface area contributed by atoms with Gasteiger partial charge >= 0.3 is 35.8 Å². The predicted molar refractivity (Wildman–Crippen MR) is 186 cm³/mol. The number of carbonyl (C=O) groups is 6. The van der Waals surface area contributed by atoms with Crippen LogP contribution in [0.2, 0.25) is 0 Å². The topological polar surface area (TPSA) is 217 Å². The van der Waals surface area contributed by atoms with E-state index in [1.807, 2.05) is 0 Å². The zero-order valence-electron chi connectivity index (χ0n) is 30.3. The molecule has 4 heterocycles. The number of carbonyl (C=O) groups excluding carboxylic acids is 6. The van der Waals surface area contributed by atoms with E-state index < -0.39 is 70.9 Å². The Hall–Kier alpha value is -6.06. The van der Waals surface area contributed by atoms with Crippen molar-refractivity contribution in [3.63, 3.8) is 0 Å². The van der Waals surface area contributed by atoms with Crippen molar-refractivity contribution in [1.29, 1.82) is 0 Å². The molecule has 7 aliphatic rings. The second-order valence-electron chi connectivity index (χ2n) is 14.4. The molecular formula is C40H40O16. The molecule has 0 radical (unpaired) electrons. The maximum absolute atomic E-state index is 12.9. The van der Waals surface area contributed by atoms with Crippen LogP contribution < -0.4 is 0 Å². The Morgan fingerprint density at radius 1 is 0.357 bits per heavy atom. The largest absolute Gasteiger partial charge is 0.480 e. The number of aliphatic hydroxyl groups excluding tert-OH is 2. The highest BCUT2D eigenvalue weighted by Crippen LogP contribution is 2.46. The normalized spacial score (nSPS) is 25.7. The van der Waals surface area contributed by atoms with Crippen molar-refractivity contribution in [1.82, 2.24) is 0 Å². The van der Waals surface area contributed by atoms with Crippen LogP contribution in [0.4, 0.5) is 0 Å². The quantitative estimate of drug-likeness (QED) is 0.116. The summed E-state index contributed by atoms with van der Waals surface area (Å²) in [5.41, 5.74) is -1.14. The maximum Gasteiger partial charge on any atom is 0.348 e. The first-order valence-electron chi connectivity index (χ1n) is 18.6. The van der Waals surface area contributed by atoms with Crippen molar-refractivity contribution in [3.05, 3.63) is 94.9 Å². The van der Waals surface area contributed by atoms with Gasteiger partial charge < -0.3 is 48.1 Å². The smallest absolute Gasteiger partial charge is 0.348 e. The van der Waals surface area contributed by atoms with Crippen molar-refractivity contribution < 1.29 is 76.9 Å². The molecule has 0 amide bonds. The van der Waals surface area contributed by atoms with Crippen LogP contribution in [0.3, 0.4) is 0 Å². The molecule has 7 rings (SSSR count). The van der Waals surface area contributed by atoms with Gasteiger partial charge in [0.25, 0.3) is 35.0 Å². The summed E-state index contributed by atoms with van der Waals surface area (Å²) in [6.45, 7) is 0. The molecule has 296 valence electrons. The Morgan fingerprint density at radius 2 is 0.661 bits per heavy atom. The highest BCUT2D eigenvalue weighted by Gasteiger charge is 2.55. The molecule has 0 atom stereocenters. The molecular weight excluding hydrogens is 736 g/mol. The van der Waals surface area contributed by atoms with Gasteiger partial charge in [-0.1, -0.05) is 49.3 Å². The lowest BCUT2D eigenvalue weighted by molar-refractivity contribution is -0.302. The van der Waals surface area contributed by atoms with Gasteiger partial charge in [0.2, 0.25) is 0 Å². The SMILES string of the molecule is O=C1OC2(CCCCC2)OC(=O)C1=CC=CC=CC1=C(O)OC2(CCC3(CC2)OC(=O)C(/C=C/C=C/C=C2C(=O)OC4(CCCCC4)OC2=O)=C(O)O3)OC1=O. The van der Waals surface area contributed by atoms with Gasteiger partial charge in [-0.25, -0.2) is 28.8 Å². The molecule has 16 nitrogen and oxygen atoms in total. The van der Waals surface area contributed by atoms with E-state index in [-0.39, 0.29) is 48.0 Å². The monoisotopic (exact) mass is 776 g/mol. The fraction of sp³-hybridized carbons (Fsp3) is 0.450. The number of ether oxygens (including phenoxy) is 8. The van der Waals surface area contributed by atoms with Crippen LogP contribution in [0.15, 0.2) is 94.9 Å². The first kappa shape index (κ1) is 38.2. The second kappa shape index (κ2) is 15.2. The molecule has 3 aliphatic carbocycles. The number of esters is 6. The Balaban J connectivity index is 0.912. The molecule has 56 heavy (non-hydrogen) atoms. The van der Waals surface area contributed by atoms with Crippen molar-refractivity contribution >= 4 is 35.8 Å². The van der Waals surface area contributed by atoms with Crippen LogP contribution >= 0.6 is 0 Å².